The summed E-state index contributed by atoms with van der Waals surface area (Å²) in [7, 11) is 0.972. The Hall–Kier alpha value is -1.67. The summed E-state index contributed by atoms with van der Waals surface area (Å²) in [6.07, 6.45) is 3.62. The number of carbonyl (C=O) groups is 1. The van der Waals surface area contributed by atoms with E-state index >= 15 is 0 Å². The number of likely N-dealkylation sites (N-methyl/N-ethyl adjacent to an activating group) is 1. The van der Waals surface area contributed by atoms with Crippen molar-refractivity contribution >= 4 is 21.4 Å². The predicted octanol–water partition coefficient (Wildman–Crippen LogP) is -0.0280. The molecule has 8 heteroatoms. The van der Waals surface area contributed by atoms with E-state index in [2.05, 4.69) is 20.5 Å². The molecule has 1 saturated heterocycles. The number of carbonyl (C=O) groups excluding carboxylic acids is 1. The molecule has 0 radical (unpaired) electrons. The summed E-state index contributed by atoms with van der Waals surface area (Å²) in [6.45, 7) is 1.62. The van der Waals surface area contributed by atoms with Gasteiger partial charge in [0.1, 0.15) is 0 Å². The van der Waals surface area contributed by atoms with Crippen molar-refractivity contribution in [1.29, 1.82) is 0 Å². The minimum Gasteiger partial charge on any atom is -0.382 e. The highest BCUT2D eigenvalue weighted by molar-refractivity contribution is 7.91. The molecule has 2 N–H and O–H groups in total. The highest BCUT2D eigenvalue weighted by Gasteiger charge is 2.29. The molecule has 0 bridgehead atoms. The van der Waals surface area contributed by atoms with Gasteiger partial charge in [-0.15, -0.1) is 0 Å². The summed E-state index contributed by atoms with van der Waals surface area (Å²) in [5, 5.41) is 5.96. The molecule has 1 fully saturated rings. The largest absolute Gasteiger partial charge is 0.382 e. The highest BCUT2D eigenvalue weighted by atomic mass is 32.2. The van der Waals surface area contributed by atoms with E-state index in [1.165, 1.54) is 6.20 Å². The lowest BCUT2D eigenvalue weighted by molar-refractivity contribution is 0.0941. The van der Waals surface area contributed by atoms with Crippen LogP contribution in [0.3, 0.4) is 0 Å². The molecule has 1 unspecified atom stereocenters. The number of nitrogens with one attached hydrogen (secondary N) is 2. The first-order valence-electron chi connectivity index (χ1n) is 7.21. The van der Waals surface area contributed by atoms with Crippen LogP contribution in [0.1, 0.15) is 16.8 Å². The number of rotatable bonds is 6. The predicted molar refractivity (Wildman–Crippen MR) is 85.8 cm³/mol. The summed E-state index contributed by atoms with van der Waals surface area (Å²) in [5.74, 6) is -0.124. The number of nitrogens with zero attached hydrogens (tertiary/aromatic N) is 2. The van der Waals surface area contributed by atoms with Crippen LogP contribution in [0.25, 0.3) is 0 Å². The second-order valence-corrected chi connectivity index (χ2v) is 7.99. The van der Waals surface area contributed by atoms with Gasteiger partial charge in [0.2, 0.25) is 0 Å². The van der Waals surface area contributed by atoms with Crippen molar-refractivity contribution in [2.45, 2.75) is 12.5 Å². The van der Waals surface area contributed by atoms with Crippen LogP contribution in [0, 0.1) is 0 Å². The van der Waals surface area contributed by atoms with Crippen LogP contribution in [0.4, 0.5) is 5.69 Å². The Morgan fingerprint density at radius 1 is 1.41 bits per heavy atom. The van der Waals surface area contributed by atoms with Crippen LogP contribution in [0.5, 0.6) is 0 Å². The summed E-state index contributed by atoms with van der Waals surface area (Å²) < 4.78 is 22.8. The van der Waals surface area contributed by atoms with Crippen molar-refractivity contribution in [1.82, 2.24) is 15.2 Å². The van der Waals surface area contributed by atoms with Crippen molar-refractivity contribution in [2.24, 2.45) is 0 Å². The molecule has 0 aromatic carbocycles. The van der Waals surface area contributed by atoms with Crippen molar-refractivity contribution in [3.05, 3.63) is 24.0 Å². The summed E-state index contributed by atoms with van der Waals surface area (Å²) >= 11 is 0. The molecule has 0 aliphatic carbocycles. The highest BCUT2D eigenvalue weighted by Crippen LogP contribution is 2.13. The third-order valence-corrected chi connectivity index (χ3v) is 5.22. The first kappa shape index (κ1) is 16.7. The quantitative estimate of drug-likeness (QED) is 0.763. The van der Waals surface area contributed by atoms with Crippen LogP contribution < -0.4 is 10.6 Å². The standard InChI is InChI=1S/C14H22N4O3S/c1-18(2)5-4-16-13-7-11(8-15-9-13)14(19)17-12-3-6-22(20,21)10-12/h7-9,12,16H,3-6,10H2,1-2H3,(H,17,19). The molecule has 7 nitrogen and oxygen atoms in total. The normalized spacial score (nSPS) is 20.0. The molecule has 1 atom stereocenters. The number of sulfone groups is 1. The zero-order valence-electron chi connectivity index (χ0n) is 12.9. The Morgan fingerprint density at radius 2 is 2.18 bits per heavy atom. The molecule has 2 heterocycles. The average molecular weight is 326 g/mol. The number of hydrogen-bond donors (Lipinski definition) is 2. The van der Waals surface area contributed by atoms with E-state index in [0.29, 0.717) is 12.0 Å². The molecule has 0 spiro atoms. The number of pyridine rings is 1. The van der Waals surface area contributed by atoms with E-state index in [1.54, 1.807) is 12.3 Å². The van der Waals surface area contributed by atoms with Gasteiger partial charge in [-0.05, 0) is 26.6 Å². The zero-order valence-corrected chi connectivity index (χ0v) is 13.7. The number of aromatic nitrogens is 1. The number of amides is 1. The molecule has 1 amide bonds. The maximum Gasteiger partial charge on any atom is 0.253 e. The SMILES string of the molecule is CN(C)CCNc1cncc(C(=O)NC2CCS(=O)(=O)C2)c1. The summed E-state index contributed by atoms with van der Waals surface area (Å²) in [4.78, 5) is 18.3. The maximum atomic E-state index is 12.2. The van der Waals surface area contributed by atoms with E-state index in [9.17, 15) is 13.2 Å². The van der Waals surface area contributed by atoms with Gasteiger partial charge in [-0.2, -0.15) is 0 Å². The van der Waals surface area contributed by atoms with E-state index in [1.807, 2.05) is 14.1 Å². The van der Waals surface area contributed by atoms with Crippen molar-refractivity contribution < 1.29 is 13.2 Å². The minimum absolute atomic E-state index is 0.0208. The second kappa shape index (κ2) is 7.06. The van der Waals surface area contributed by atoms with Crippen LogP contribution >= 0.6 is 0 Å². The molecule has 1 aliphatic rings. The fraction of sp³-hybridized carbons (Fsp3) is 0.571. The van der Waals surface area contributed by atoms with Gasteiger partial charge in [-0.25, -0.2) is 8.42 Å². The maximum absolute atomic E-state index is 12.2. The van der Waals surface area contributed by atoms with E-state index in [-0.39, 0.29) is 23.5 Å². The Bertz CT molecular complexity index is 631. The minimum atomic E-state index is -3.00. The van der Waals surface area contributed by atoms with Gasteiger partial charge in [0.15, 0.2) is 9.84 Å². The van der Waals surface area contributed by atoms with E-state index in [0.717, 1.165) is 18.8 Å². The first-order valence-corrected chi connectivity index (χ1v) is 9.03. The van der Waals surface area contributed by atoms with Gasteiger partial charge in [0, 0.05) is 31.5 Å². The molecule has 0 saturated carbocycles. The zero-order chi connectivity index (χ0) is 16.2. The van der Waals surface area contributed by atoms with E-state index < -0.39 is 9.84 Å². The molecule has 1 aliphatic heterocycles. The van der Waals surface area contributed by atoms with Crippen LogP contribution in [-0.2, 0) is 9.84 Å². The van der Waals surface area contributed by atoms with Crippen LogP contribution in [0.15, 0.2) is 18.5 Å². The lowest BCUT2D eigenvalue weighted by atomic mass is 10.2. The number of anilines is 1. The fourth-order valence-electron chi connectivity index (χ4n) is 2.26. The van der Waals surface area contributed by atoms with Gasteiger partial charge in [-0.1, -0.05) is 0 Å². The Labute approximate surface area is 131 Å². The van der Waals surface area contributed by atoms with E-state index in [4.69, 9.17) is 0 Å². The van der Waals surface area contributed by atoms with Crippen LogP contribution in [0.2, 0.25) is 0 Å². The molecule has 2 rings (SSSR count). The van der Waals surface area contributed by atoms with Crippen molar-refractivity contribution in [2.75, 3.05) is 44.0 Å². The molecular formula is C14H22N4O3S. The van der Waals surface area contributed by atoms with Crippen LogP contribution in [-0.4, -0.2) is 68.9 Å². The molecule has 122 valence electrons. The lowest BCUT2D eigenvalue weighted by Gasteiger charge is -2.13. The molecule has 1 aromatic heterocycles. The molecule has 1 aromatic rings. The molecular weight excluding hydrogens is 304 g/mol. The monoisotopic (exact) mass is 326 g/mol. The van der Waals surface area contributed by atoms with Crippen molar-refractivity contribution in [3.63, 3.8) is 0 Å². The van der Waals surface area contributed by atoms with Gasteiger partial charge < -0.3 is 15.5 Å². The molecule has 22 heavy (non-hydrogen) atoms. The number of hydrogen-bond acceptors (Lipinski definition) is 6. The third kappa shape index (κ3) is 4.96. The Kier molecular flexibility index (Phi) is 5.36. The lowest BCUT2D eigenvalue weighted by Crippen LogP contribution is -2.35. The summed E-state index contributed by atoms with van der Waals surface area (Å²) in [5.41, 5.74) is 1.20. The fourth-order valence-corrected chi connectivity index (χ4v) is 3.94. The van der Waals surface area contributed by atoms with Gasteiger partial charge >= 0.3 is 0 Å². The topological polar surface area (TPSA) is 91.4 Å². The van der Waals surface area contributed by atoms with Gasteiger partial charge in [-0.3, -0.25) is 9.78 Å². The average Bonchev–Trinajstić information content (AvgIpc) is 2.78. The second-order valence-electron chi connectivity index (χ2n) is 5.77. The van der Waals surface area contributed by atoms with Crippen molar-refractivity contribution in [3.8, 4) is 0 Å². The van der Waals surface area contributed by atoms with Gasteiger partial charge in [0.25, 0.3) is 5.91 Å². The Morgan fingerprint density at radius 3 is 2.82 bits per heavy atom. The first-order chi connectivity index (χ1) is 10.4. The summed E-state index contributed by atoms with van der Waals surface area (Å²) in [6, 6.07) is 1.42. The third-order valence-electron chi connectivity index (χ3n) is 3.46. The van der Waals surface area contributed by atoms with Gasteiger partial charge in [0.05, 0.1) is 22.8 Å². The smallest absolute Gasteiger partial charge is 0.253 e. The Balaban J connectivity index is 1.92.